The quantitative estimate of drug-likeness (QED) is 0.946. The van der Waals surface area contributed by atoms with Crippen LogP contribution in [0.5, 0.6) is 0 Å². The van der Waals surface area contributed by atoms with Crippen LogP contribution in [0.25, 0.3) is 0 Å². The zero-order valence-corrected chi connectivity index (χ0v) is 11.0. The molecule has 1 N–H and O–H groups in total. The third-order valence-electron chi connectivity index (χ3n) is 2.10. The molecule has 0 saturated carbocycles. The minimum Gasteiger partial charge on any atom is -0.346 e. The van der Waals surface area contributed by atoms with Crippen LogP contribution in [0.1, 0.15) is 16.1 Å². The van der Waals surface area contributed by atoms with E-state index >= 15 is 0 Å². The molecular formula is C11H8BrFN2OS. The highest BCUT2D eigenvalue weighted by atomic mass is 79.9. The van der Waals surface area contributed by atoms with Crippen molar-refractivity contribution >= 4 is 33.2 Å². The summed E-state index contributed by atoms with van der Waals surface area (Å²) in [5, 5.41) is 4.57. The Morgan fingerprint density at radius 2 is 2.35 bits per heavy atom. The summed E-state index contributed by atoms with van der Waals surface area (Å²) < 4.78 is 13.3. The molecule has 0 spiro atoms. The van der Waals surface area contributed by atoms with Gasteiger partial charge in [-0.1, -0.05) is 0 Å². The van der Waals surface area contributed by atoms with Gasteiger partial charge in [0.1, 0.15) is 5.82 Å². The Kier molecular flexibility index (Phi) is 3.86. The van der Waals surface area contributed by atoms with Crippen LogP contribution in [0.15, 0.2) is 33.6 Å². The van der Waals surface area contributed by atoms with Crippen LogP contribution in [0.3, 0.4) is 0 Å². The van der Waals surface area contributed by atoms with Crippen LogP contribution in [0.4, 0.5) is 4.39 Å². The molecule has 0 radical (unpaired) electrons. The van der Waals surface area contributed by atoms with Crippen LogP contribution >= 0.6 is 27.3 Å². The molecule has 0 atom stereocenters. The summed E-state index contributed by atoms with van der Waals surface area (Å²) in [6.45, 7) is 0.372. The molecule has 17 heavy (non-hydrogen) atoms. The molecule has 0 unspecified atom stereocenters. The van der Waals surface area contributed by atoms with Crippen LogP contribution in [-0.4, -0.2) is 10.9 Å². The monoisotopic (exact) mass is 314 g/mol. The van der Waals surface area contributed by atoms with Crippen molar-refractivity contribution in [2.24, 2.45) is 0 Å². The van der Waals surface area contributed by atoms with Crippen LogP contribution < -0.4 is 5.32 Å². The van der Waals surface area contributed by atoms with E-state index in [0.717, 1.165) is 5.69 Å². The number of aromatic nitrogens is 1. The Bertz CT molecular complexity index is 530. The standard InChI is InChI=1S/C11H8BrFN2OS/c12-9-3-7(1-2-10(9)13)11(16)14-4-8-5-17-6-15-8/h1-3,5-6H,4H2,(H,14,16). The molecule has 0 fully saturated rings. The molecule has 0 saturated heterocycles. The normalized spacial score (nSPS) is 10.2. The summed E-state index contributed by atoms with van der Waals surface area (Å²) in [6, 6.07) is 4.14. The lowest BCUT2D eigenvalue weighted by atomic mass is 10.2. The molecule has 0 bridgehead atoms. The number of benzene rings is 1. The highest BCUT2D eigenvalue weighted by Crippen LogP contribution is 2.16. The summed E-state index contributed by atoms with van der Waals surface area (Å²) in [7, 11) is 0. The van der Waals surface area contributed by atoms with E-state index in [1.807, 2.05) is 5.38 Å². The van der Waals surface area contributed by atoms with Gasteiger partial charge < -0.3 is 5.32 Å². The fourth-order valence-corrected chi connectivity index (χ4v) is 2.17. The maximum absolute atomic E-state index is 13.0. The van der Waals surface area contributed by atoms with E-state index in [0.29, 0.717) is 12.1 Å². The van der Waals surface area contributed by atoms with Gasteiger partial charge in [-0.3, -0.25) is 4.79 Å². The number of halogens is 2. The smallest absolute Gasteiger partial charge is 0.251 e. The fourth-order valence-electron chi connectivity index (χ4n) is 1.24. The fraction of sp³-hybridized carbons (Fsp3) is 0.0909. The van der Waals surface area contributed by atoms with Gasteiger partial charge in [-0.2, -0.15) is 0 Å². The summed E-state index contributed by atoms with van der Waals surface area (Å²) in [5.74, 6) is -0.639. The summed E-state index contributed by atoms with van der Waals surface area (Å²) in [4.78, 5) is 15.8. The topological polar surface area (TPSA) is 42.0 Å². The van der Waals surface area contributed by atoms with Crippen molar-refractivity contribution in [2.45, 2.75) is 6.54 Å². The molecule has 2 rings (SSSR count). The molecule has 88 valence electrons. The summed E-state index contributed by atoms with van der Waals surface area (Å²) >= 11 is 4.51. The van der Waals surface area contributed by atoms with Crippen molar-refractivity contribution in [3.05, 3.63) is 50.6 Å². The maximum atomic E-state index is 13.0. The number of rotatable bonds is 3. The van der Waals surface area contributed by atoms with E-state index in [-0.39, 0.29) is 16.2 Å². The van der Waals surface area contributed by atoms with Crippen LogP contribution in [-0.2, 0) is 6.54 Å². The highest BCUT2D eigenvalue weighted by Gasteiger charge is 2.08. The molecule has 1 heterocycles. The van der Waals surface area contributed by atoms with Crippen molar-refractivity contribution in [3.63, 3.8) is 0 Å². The molecule has 0 aliphatic heterocycles. The van der Waals surface area contributed by atoms with Gasteiger partial charge in [0.25, 0.3) is 5.91 Å². The molecule has 6 heteroatoms. The van der Waals surface area contributed by atoms with Gasteiger partial charge in [0, 0.05) is 10.9 Å². The first-order chi connectivity index (χ1) is 8.16. The van der Waals surface area contributed by atoms with Gasteiger partial charge in [-0.15, -0.1) is 11.3 Å². The van der Waals surface area contributed by atoms with E-state index in [1.165, 1.54) is 29.5 Å². The zero-order chi connectivity index (χ0) is 12.3. The van der Waals surface area contributed by atoms with Crippen LogP contribution in [0.2, 0.25) is 0 Å². The Labute approximate surface area is 110 Å². The minimum absolute atomic E-state index is 0.251. The number of thiazole rings is 1. The number of amides is 1. The summed E-state index contributed by atoms with van der Waals surface area (Å²) in [6.07, 6.45) is 0. The second kappa shape index (κ2) is 5.37. The predicted octanol–water partition coefficient (Wildman–Crippen LogP) is 2.97. The average Bonchev–Trinajstić information content (AvgIpc) is 2.82. The lowest BCUT2D eigenvalue weighted by Crippen LogP contribution is -2.22. The molecule has 1 amide bonds. The van der Waals surface area contributed by atoms with Crippen molar-refractivity contribution in [1.82, 2.24) is 10.3 Å². The van der Waals surface area contributed by atoms with E-state index in [1.54, 1.807) is 5.51 Å². The second-order valence-corrected chi connectivity index (χ2v) is 4.86. The van der Waals surface area contributed by atoms with E-state index in [4.69, 9.17) is 0 Å². The number of hydrogen-bond acceptors (Lipinski definition) is 3. The molecule has 3 nitrogen and oxygen atoms in total. The predicted molar refractivity (Wildman–Crippen MR) is 67.4 cm³/mol. The molecular weight excluding hydrogens is 307 g/mol. The highest BCUT2D eigenvalue weighted by molar-refractivity contribution is 9.10. The third-order valence-corrected chi connectivity index (χ3v) is 3.34. The average molecular weight is 315 g/mol. The van der Waals surface area contributed by atoms with E-state index in [2.05, 4.69) is 26.2 Å². The first kappa shape index (κ1) is 12.2. The zero-order valence-electron chi connectivity index (χ0n) is 8.61. The Morgan fingerprint density at radius 1 is 1.53 bits per heavy atom. The van der Waals surface area contributed by atoms with Gasteiger partial charge in [-0.05, 0) is 34.1 Å². The largest absolute Gasteiger partial charge is 0.346 e. The Balaban J connectivity index is 2.02. The van der Waals surface area contributed by atoms with Crippen molar-refractivity contribution < 1.29 is 9.18 Å². The van der Waals surface area contributed by atoms with Gasteiger partial charge in [-0.25, -0.2) is 9.37 Å². The molecule has 1 aromatic carbocycles. The number of carbonyl (C=O) groups is 1. The Morgan fingerprint density at radius 3 is 3.00 bits per heavy atom. The number of nitrogens with zero attached hydrogens (tertiary/aromatic N) is 1. The summed E-state index contributed by atoms with van der Waals surface area (Å²) in [5.41, 5.74) is 2.92. The number of carbonyl (C=O) groups excluding carboxylic acids is 1. The third kappa shape index (κ3) is 3.10. The second-order valence-electron chi connectivity index (χ2n) is 3.29. The first-order valence-electron chi connectivity index (χ1n) is 4.77. The molecule has 1 aromatic heterocycles. The van der Waals surface area contributed by atoms with Crippen molar-refractivity contribution in [1.29, 1.82) is 0 Å². The van der Waals surface area contributed by atoms with Crippen molar-refractivity contribution in [2.75, 3.05) is 0 Å². The van der Waals surface area contributed by atoms with Crippen LogP contribution in [0, 0.1) is 5.82 Å². The maximum Gasteiger partial charge on any atom is 0.251 e. The van der Waals surface area contributed by atoms with Gasteiger partial charge >= 0.3 is 0 Å². The van der Waals surface area contributed by atoms with Gasteiger partial charge in [0.2, 0.25) is 0 Å². The van der Waals surface area contributed by atoms with Gasteiger partial charge in [0.05, 0.1) is 22.2 Å². The SMILES string of the molecule is O=C(NCc1cscn1)c1ccc(F)c(Br)c1. The number of hydrogen-bond donors (Lipinski definition) is 1. The molecule has 2 aromatic rings. The molecule has 0 aliphatic rings. The van der Waals surface area contributed by atoms with Gasteiger partial charge in [0.15, 0.2) is 0 Å². The first-order valence-corrected chi connectivity index (χ1v) is 6.50. The van der Waals surface area contributed by atoms with E-state index in [9.17, 15) is 9.18 Å². The lowest BCUT2D eigenvalue weighted by molar-refractivity contribution is 0.0950. The minimum atomic E-state index is -0.388. The Hall–Kier alpha value is -1.27. The lowest BCUT2D eigenvalue weighted by Gasteiger charge is -2.04. The van der Waals surface area contributed by atoms with E-state index < -0.39 is 0 Å². The molecule has 0 aliphatic carbocycles. The van der Waals surface area contributed by atoms with Crippen molar-refractivity contribution in [3.8, 4) is 0 Å². The number of nitrogens with one attached hydrogen (secondary N) is 1.